The number of aryl methyl sites for hydroxylation is 1. The molecule has 0 radical (unpaired) electrons. The molecule has 1 aromatic carbocycles. The highest BCUT2D eigenvalue weighted by atomic mass is 19.1. The SMILES string of the molecule is Cc1ccc(CC(CN)CO)cc1F. The fourth-order valence-electron chi connectivity index (χ4n) is 1.32. The summed E-state index contributed by atoms with van der Waals surface area (Å²) in [5, 5.41) is 8.94. The molecule has 3 N–H and O–H groups in total. The lowest BCUT2D eigenvalue weighted by Crippen LogP contribution is -2.20. The Balaban J connectivity index is 2.72. The van der Waals surface area contributed by atoms with Gasteiger partial charge in [0.05, 0.1) is 0 Å². The lowest BCUT2D eigenvalue weighted by atomic mass is 9.99. The molecule has 1 aromatic rings. The smallest absolute Gasteiger partial charge is 0.126 e. The van der Waals surface area contributed by atoms with Gasteiger partial charge in [-0.1, -0.05) is 12.1 Å². The molecular weight excluding hydrogens is 181 g/mol. The van der Waals surface area contributed by atoms with E-state index in [2.05, 4.69) is 0 Å². The first-order valence-corrected chi connectivity index (χ1v) is 4.73. The zero-order valence-electron chi connectivity index (χ0n) is 8.33. The minimum atomic E-state index is -0.198. The van der Waals surface area contributed by atoms with Gasteiger partial charge in [0.2, 0.25) is 0 Å². The molecule has 0 saturated heterocycles. The van der Waals surface area contributed by atoms with Crippen LogP contribution in [0.5, 0.6) is 0 Å². The van der Waals surface area contributed by atoms with Gasteiger partial charge in [0.15, 0.2) is 0 Å². The molecule has 0 fully saturated rings. The van der Waals surface area contributed by atoms with Crippen LogP contribution in [0.4, 0.5) is 4.39 Å². The van der Waals surface area contributed by atoms with E-state index in [4.69, 9.17) is 10.8 Å². The van der Waals surface area contributed by atoms with Crippen LogP contribution in [0.15, 0.2) is 18.2 Å². The highest BCUT2D eigenvalue weighted by Gasteiger charge is 2.07. The molecular formula is C11H16FNO. The Labute approximate surface area is 83.6 Å². The van der Waals surface area contributed by atoms with E-state index in [-0.39, 0.29) is 18.3 Å². The van der Waals surface area contributed by atoms with E-state index in [0.717, 1.165) is 5.56 Å². The van der Waals surface area contributed by atoms with Crippen molar-refractivity contribution in [2.75, 3.05) is 13.2 Å². The molecule has 3 heteroatoms. The Bertz CT molecular complexity index is 297. The minimum Gasteiger partial charge on any atom is -0.396 e. The number of nitrogens with two attached hydrogens (primary N) is 1. The van der Waals surface area contributed by atoms with E-state index in [0.29, 0.717) is 18.5 Å². The summed E-state index contributed by atoms with van der Waals surface area (Å²) in [5.74, 6) is -0.173. The summed E-state index contributed by atoms with van der Waals surface area (Å²) in [6, 6.07) is 5.13. The fourth-order valence-corrected chi connectivity index (χ4v) is 1.32. The maximum Gasteiger partial charge on any atom is 0.126 e. The van der Waals surface area contributed by atoms with Gasteiger partial charge in [-0.2, -0.15) is 0 Å². The van der Waals surface area contributed by atoms with Crippen molar-refractivity contribution in [1.29, 1.82) is 0 Å². The number of aliphatic hydroxyl groups excluding tert-OH is 1. The molecule has 0 spiro atoms. The van der Waals surface area contributed by atoms with Crippen LogP contribution in [0, 0.1) is 18.7 Å². The first kappa shape index (κ1) is 11.1. The molecule has 14 heavy (non-hydrogen) atoms. The Morgan fingerprint density at radius 3 is 2.71 bits per heavy atom. The second-order valence-corrected chi connectivity index (χ2v) is 3.57. The van der Waals surface area contributed by atoms with Gasteiger partial charge < -0.3 is 10.8 Å². The normalized spacial score (nSPS) is 12.9. The van der Waals surface area contributed by atoms with Gasteiger partial charge in [-0.3, -0.25) is 0 Å². The van der Waals surface area contributed by atoms with Gasteiger partial charge in [-0.15, -0.1) is 0 Å². The van der Waals surface area contributed by atoms with Crippen molar-refractivity contribution < 1.29 is 9.50 Å². The van der Waals surface area contributed by atoms with Crippen molar-refractivity contribution >= 4 is 0 Å². The predicted molar refractivity (Wildman–Crippen MR) is 54.5 cm³/mol. The van der Waals surface area contributed by atoms with Crippen LogP contribution in [0.1, 0.15) is 11.1 Å². The number of benzene rings is 1. The molecule has 0 amide bonds. The van der Waals surface area contributed by atoms with Gasteiger partial charge in [-0.25, -0.2) is 4.39 Å². The van der Waals surface area contributed by atoms with Crippen molar-refractivity contribution in [2.45, 2.75) is 13.3 Å². The number of rotatable bonds is 4. The molecule has 1 atom stereocenters. The molecule has 0 bridgehead atoms. The number of halogens is 1. The molecule has 0 aromatic heterocycles. The molecule has 0 aliphatic rings. The Hall–Kier alpha value is -0.930. The molecule has 0 saturated carbocycles. The molecule has 2 nitrogen and oxygen atoms in total. The van der Waals surface area contributed by atoms with Gasteiger partial charge in [0.25, 0.3) is 0 Å². The van der Waals surface area contributed by atoms with E-state index in [9.17, 15) is 4.39 Å². The third kappa shape index (κ3) is 2.79. The standard InChI is InChI=1S/C11H16FNO/c1-8-2-3-9(5-11(8)12)4-10(6-13)7-14/h2-3,5,10,14H,4,6-7,13H2,1H3. The highest BCUT2D eigenvalue weighted by molar-refractivity contribution is 5.23. The monoisotopic (exact) mass is 197 g/mol. The van der Waals surface area contributed by atoms with Crippen LogP contribution in [-0.2, 0) is 6.42 Å². The molecule has 1 rings (SSSR count). The average Bonchev–Trinajstić information content (AvgIpc) is 2.19. The van der Waals surface area contributed by atoms with Crippen molar-refractivity contribution in [3.8, 4) is 0 Å². The summed E-state index contributed by atoms with van der Waals surface area (Å²) >= 11 is 0. The largest absolute Gasteiger partial charge is 0.396 e. The molecule has 0 aliphatic heterocycles. The van der Waals surface area contributed by atoms with Crippen LogP contribution in [0.25, 0.3) is 0 Å². The third-order valence-electron chi connectivity index (χ3n) is 2.35. The summed E-state index contributed by atoms with van der Waals surface area (Å²) < 4.78 is 13.1. The van der Waals surface area contributed by atoms with Crippen molar-refractivity contribution in [3.05, 3.63) is 35.1 Å². The topological polar surface area (TPSA) is 46.2 Å². The first-order chi connectivity index (χ1) is 6.67. The molecule has 78 valence electrons. The van der Waals surface area contributed by atoms with Gasteiger partial charge in [0.1, 0.15) is 5.82 Å². The second kappa shape index (κ2) is 5.08. The van der Waals surface area contributed by atoms with Crippen LogP contribution in [0.3, 0.4) is 0 Å². The Morgan fingerprint density at radius 1 is 1.50 bits per heavy atom. The van der Waals surface area contributed by atoms with E-state index in [1.54, 1.807) is 13.0 Å². The summed E-state index contributed by atoms with van der Waals surface area (Å²) in [6.45, 7) is 2.20. The summed E-state index contributed by atoms with van der Waals surface area (Å²) in [6.07, 6.45) is 0.629. The molecule has 1 unspecified atom stereocenters. The Kier molecular flexibility index (Phi) is 4.04. The quantitative estimate of drug-likeness (QED) is 0.763. The van der Waals surface area contributed by atoms with Gasteiger partial charge in [-0.05, 0) is 43.0 Å². The minimum absolute atomic E-state index is 0.0251. The molecule has 0 aliphatic carbocycles. The van der Waals surface area contributed by atoms with E-state index < -0.39 is 0 Å². The van der Waals surface area contributed by atoms with Crippen LogP contribution in [-0.4, -0.2) is 18.3 Å². The van der Waals surface area contributed by atoms with E-state index in [1.165, 1.54) is 6.07 Å². The van der Waals surface area contributed by atoms with Crippen LogP contribution >= 0.6 is 0 Å². The lowest BCUT2D eigenvalue weighted by Gasteiger charge is -2.11. The lowest BCUT2D eigenvalue weighted by molar-refractivity contribution is 0.229. The highest BCUT2D eigenvalue weighted by Crippen LogP contribution is 2.12. The van der Waals surface area contributed by atoms with Crippen molar-refractivity contribution in [2.24, 2.45) is 11.7 Å². The summed E-state index contributed by atoms with van der Waals surface area (Å²) in [5.41, 5.74) is 6.97. The fraction of sp³-hybridized carbons (Fsp3) is 0.455. The maximum absolute atomic E-state index is 13.1. The predicted octanol–water partition coefficient (Wildman–Crippen LogP) is 1.24. The molecule has 0 heterocycles. The number of hydrogen-bond donors (Lipinski definition) is 2. The number of hydrogen-bond acceptors (Lipinski definition) is 2. The third-order valence-corrected chi connectivity index (χ3v) is 2.35. The Morgan fingerprint density at radius 2 is 2.21 bits per heavy atom. The van der Waals surface area contributed by atoms with Crippen molar-refractivity contribution in [3.63, 3.8) is 0 Å². The summed E-state index contributed by atoms with van der Waals surface area (Å²) in [7, 11) is 0. The van der Waals surface area contributed by atoms with E-state index >= 15 is 0 Å². The van der Waals surface area contributed by atoms with Crippen LogP contribution < -0.4 is 5.73 Å². The second-order valence-electron chi connectivity index (χ2n) is 3.57. The first-order valence-electron chi connectivity index (χ1n) is 4.73. The number of aliphatic hydroxyl groups is 1. The zero-order chi connectivity index (χ0) is 10.6. The average molecular weight is 197 g/mol. The maximum atomic E-state index is 13.1. The van der Waals surface area contributed by atoms with Crippen LogP contribution in [0.2, 0.25) is 0 Å². The van der Waals surface area contributed by atoms with Crippen molar-refractivity contribution in [1.82, 2.24) is 0 Å². The summed E-state index contributed by atoms with van der Waals surface area (Å²) in [4.78, 5) is 0. The van der Waals surface area contributed by atoms with Gasteiger partial charge >= 0.3 is 0 Å². The zero-order valence-corrected chi connectivity index (χ0v) is 8.33. The van der Waals surface area contributed by atoms with E-state index in [1.807, 2.05) is 6.07 Å². The van der Waals surface area contributed by atoms with Gasteiger partial charge in [0, 0.05) is 6.61 Å².